The van der Waals surface area contributed by atoms with Gasteiger partial charge in [-0.15, -0.1) is 11.3 Å². The second-order valence-corrected chi connectivity index (χ2v) is 7.21. The summed E-state index contributed by atoms with van der Waals surface area (Å²) in [6.45, 7) is 9.25. The maximum Gasteiger partial charge on any atom is 0.254 e. The Labute approximate surface area is 159 Å². The molecule has 0 atom stereocenters. The van der Waals surface area contributed by atoms with Gasteiger partial charge in [-0.2, -0.15) is 0 Å². The molecule has 0 saturated carbocycles. The number of benzene rings is 1. The maximum absolute atomic E-state index is 12.9. The fourth-order valence-electron chi connectivity index (χ4n) is 3.10. The molecule has 0 spiro atoms. The molecule has 2 heterocycles. The second kappa shape index (κ2) is 9.05. The Hall–Kier alpha value is -2.05. The minimum Gasteiger partial charge on any atom is -0.490 e. The fraction of sp³-hybridized carbons (Fsp3) is 0.450. The van der Waals surface area contributed by atoms with Gasteiger partial charge < -0.3 is 14.4 Å². The molecule has 5 nitrogen and oxygen atoms in total. The molecule has 0 aliphatic carbocycles. The number of carbonyl (C=O) groups is 1. The van der Waals surface area contributed by atoms with E-state index < -0.39 is 0 Å². The van der Waals surface area contributed by atoms with E-state index in [9.17, 15) is 4.79 Å². The molecule has 0 bridgehead atoms. The van der Waals surface area contributed by atoms with Gasteiger partial charge >= 0.3 is 0 Å². The van der Waals surface area contributed by atoms with Crippen molar-refractivity contribution in [2.45, 2.75) is 20.4 Å². The normalized spacial score (nSPS) is 15.1. The van der Waals surface area contributed by atoms with Gasteiger partial charge in [0.25, 0.3) is 5.91 Å². The maximum atomic E-state index is 12.9. The molecule has 1 aromatic carbocycles. The Kier molecular flexibility index (Phi) is 6.52. The number of rotatable bonds is 7. The third-order valence-corrected chi connectivity index (χ3v) is 5.27. The molecule has 1 aliphatic rings. The van der Waals surface area contributed by atoms with E-state index in [-0.39, 0.29) is 5.91 Å². The number of thiophene rings is 1. The zero-order valence-corrected chi connectivity index (χ0v) is 16.3. The van der Waals surface area contributed by atoms with Crippen molar-refractivity contribution in [2.75, 3.05) is 39.4 Å². The number of piperazine rings is 1. The van der Waals surface area contributed by atoms with Crippen molar-refractivity contribution in [1.82, 2.24) is 9.80 Å². The number of ether oxygens (including phenoxy) is 2. The molecule has 1 fully saturated rings. The first-order chi connectivity index (χ1) is 12.7. The lowest BCUT2D eigenvalue weighted by Crippen LogP contribution is -2.48. The Morgan fingerprint density at radius 2 is 1.77 bits per heavy atom. The van der Waals surface area contributed by atoms with Crippen LogP contribution >= 0.6 is 11.3 Å². The lowest BCUT2D eigenvalue weighted by Gasteiger charge is -2.34. The van der Waals surface area contributed by atoms with E-state index in [1.54, 1.807) is 17.4 Å². The van der Waals surface area contributed by atoms with Crippen molar-refractivity contribution in [2.24, 2.45) is 0 Å². The third-order valence-electron chi connectivity index (χ3n) is 4.41. The van der Waals surface area contributed by atoms with Crippen LogP contribution in [0.15, 0.2) is 35.7 Å². The summed E-state index contributed by atoms with van der Waals surface area (Å²) < 4.78 is 11.2. The van der Waals surface area contributed by atoms with E-state index in [0.717, 1.165) is 32.7 Å². The minimum absolute atomic E-state index is 0.0600. The van der Waals surface area contributed by atoms with Crippen LogP contribution in [-0.4, -0.2) is 55.1 Å². The minimum atomic E-state index is 0.0600. The van der Waals surface area contributed by atoms with E-state index in [4.69, 9.17) is 9.47 Å². The second-order valence-electron chi connectivity index (χ2n) is 6.18. The molecule has 26 heavy (non-hydrogen) atoms. The highest BCUT2D eigenvalue weighted by atomic mass is 32.1. The third kappa shape index (κ3) is 4.56. The summed E-state index contributed by atoms with van der Waals surface area (Å²) in [5, 5.41) is 2.11. The summed E-state index contributed by atoms with van der Waals surface area (Å²) in [5.74, 6) is 1.38. The van der Waals surface area contributed by atoms with E-state index in [0.29, 0.717) is 30.3 Å². The lowest BCUT2D eigenvalue weighted by atomic mass is 10.1. The van der Waals surface area contributed by atoms with E-state index in [1.165, 1.54) is 4.88 Å². The van der Waals surface area contributed by atoms with Crippen LogP contribution in [0.2, 0.25) is 0 Å². The van der Waals surface area contributed by atoms with Gasteiger partial charge in [0.15, 0.2) is 11.5 Å². The monoisotopic (exact) mass is 374 g/mol. The van der Waals surface area contributed by atoms with E-state index in [1.807, 2.05) is 30.9 Å². The van der Waals surface area contributed by atoms with E-state index in [2.05, 4.69) is 22.4 Å². The first-order valence-electron chi connectivity index (χ1n) is 9.15. The van der Waals surface area contributed by atoms with Gasteiger partial charge in [-0.25, -0.2) is 0 Å². The molecule has 1 amide bonds. The van der Waals surface area contributed by atoms with Crippen molar-refractivity contribution in [3.63, 3.8) is 0 Å². The molecule has 1 saturated heterocycles. The molecular weight excluding hydrogens is 348 g/mol. The molecule has 0 unspecified atom stereocenters. The number of amides is 1. The van der Waals surface area contributed by atoms with Crippen LogP contribution in [-0.2, 0) is 6.54 Å². The zero-order valence-electron chi connectivity index (χ0n) is 15.4. The van der Waals surface area contributed by atoms with Crippen LogP contribution in [0.25, 0.3) is 0 Å². The summed E-state index contributed by atoms with van der Waals surface area (Å²) in [4.78, 5) is 18.6. The van der Waals surface area contributed by atoms with Crippen molar-refractivity contribution < 1.29 is 14.3 Å². The highest BCUT2D eigenvalue weighted by Gasteiger charge is 2.23. The topological polar surface area (TPSA) is 42.0 Å². The van der Waals surface area contributed by atoms with Gasteiger partial charge in [0, 0.05) is 43.2 Å². The SMILES string of the molecule is CCOc1ccc(C(=O)N2CCN(Cc3cccs3)CC2)cc1OCC. The Morgan fingerprint density at radius 1 is 1.04 bits per heavy atom. The van der Waals surface area contributed by atoms with Crippen LogP contribution in [0.4, 0.5) is 0 Å². The number of nitrogens with zero attached hydrogens (tertiary/aromatic N) is 2. The van der Waals surface area contributed by atoms with Crippen LogP contribution in [0.5, 0.6) is 11.5 Å². The highest BCUT2D eigenvalue weighted by Crippen LogP contribution is 2.29. The van der Waals surface area contributed by atoms with Gasteiger partial charge in [-0.1, -0.05) is 6.07 Å². The predicted octanol–water partition coefficient (Wildman–Crippen LogP) is 3.50. The van der Waals surface area contributed by atoms with Crippen LogP contribution in [0, 0.1) is 0 Å². The molecule has 2 aromatic rings. The summed E-state index contributed by atoms with van der Waals surface area (Å²) >= 11 is 1.78. The molecule has 140 valence electrons. The summed E-state index contributed by atoms with van der Waals surface area (Å²) in [6.07, 6.45) is 0. The fourth-order valence-corrected chi connectivity index (χ4v) is 3.84. The van der Waals surface area contributed by atoms with Crippen LogP contribution < -0.4 is 9.47 Å². The first kappa shape index (κ1) is 18.7. The lowest BCUT2D eigenvalue weighted by molar-refractivity contribution is 0.0629. The van der Waals surface area contributed by atoms with Crippen LogP contribution in [0.1, 0.15) is 29.1 Å². The summed E-state index contributed by atoms with van der Waals surface area (Å²) in [5.41, 5.74) is 0.656. The first-order valence-corrected chi connectivity index (χ1v) is 10.0. The van der Waals surface area contributed by atoms with E-state index >= 15 is 0 Å². The standard InChI is InChI=1S/C20H26N2O3S/c1-3-24-18-8-7-16(14-19(18)25-4-2)20(23)22-11-9-21(10-12-22)15-17-6-5-13-26-17/h5-8,13-14H,3-4,9-12,15H2,1-2H3. The number of hydrogen-bond donors (Lipinski definition) is 0. The van der Waals surface area contributed by atoms with Crippen molar-refractivity contribution >= 4 is 17.2 Å². The average Bonchev–Trinajstić information content (AvgIpc) is 3.17. The average molecular weight is 375 g/mol. The van der Waals surface area contributed by atoms with Gasteiger partial charge in [-0.05, 0) is 43.5 Å². The van der Waals surface area contributed by atoms with Gasteiger partial charge in [0.1, 0.15) is 0 Å². The van der Waals surface area contributed by atoms with Crippen molar-refractivity contribution in [3.05, 3.63) is 46.2 Å². The predicted molar refractivity (Wildman–Crippen MR) is 104 cm³/mol. The molecule has 3 rings (SSSR count). The number of hydrogen-bond acceptors (Lipinski definition) is 5. The molecular formula is C20H26N2O3S. The largest absolute Gasteiger partial charge is 0.490 e. The summed E-state index contributed by atoms with van der Waals surface area (Å²) in [6, 6.07) is 9.70. The summed E-state index contributed by atoms with van der Waals surface area (Å²) in [7, 11) is 0. The Bertz CT molecular complexity index is 710. The Morgan fingerprint density at radius 3 is 2.42 bits per heavy atom. The van der Waals surface area contributed by atoms with Gasteiger partial charge in [0.05, 0.1) is 13.2 Å². The highest BCUT2D eigenvalue weighted by molar-refractivity contribution is 7.09. The molecule has 1 aliphatic heterocycles. The number of carbonyl (C=O) groups excluding carboxylic acids is 1. The zero-order chi connectivity index (χ0) is 18.4. The van der Waals surface area contributed by atoms with Gasteiger partial charge in [-0.3, -0.25) is 9.69 Å². The molecule has 1 aromatic heterocycles. The molecule has 0 radical (unpaired) electrons. The quantitative estimate of drug-likeness (QED) is 0.744. The Balaban J connectivity index is 1.61. The molecule has 0 N–H and O–H groups in total. The van der Waals surface area contributed by atoms with Crippen LogP contribution in [0.3, 0.4) is 0 Å². The molecule has 6 heteroatoms. The smallest absolute Gasteiger partial charge is 0.254 e. The van der Waals surface area contributed by atoms with Gasteiger partial charge in [0.2, 0.25) is 0 Å². The van der Waals surface area contributed by atoms with Crippen molar-refractivity contribution in [3.8, 4) is 11.5 Å². The van der Waals surface area contributed by atoms with Crippen molar-refractivity contribution in [1.29, 1.82) is 0 Å².